The Kier molecular flexibility index (Phi) is 4.11. The minimum atomic E-state index is -0.137. The molecule has 0 N–H and O–H groups in total. The molecule has 100 valence electrons. The smallest absolute Gasteiger partial charge is 0.223 e. The zero-order valence-corrected chi connectivity index (χ0v) is 13.3. The minimum absolute atomic E-state index is 0.137. The highest BCUT2D eigenvalue weighted by molar-refractivity contribution is 9.10. The summed E-state index contributed by atoms with van der Waals surface area (Å²) in [4.78, 5) is 8.79. The summed E-state index contributed by atoms with van der Waals surface area (Å²) in [5, 5.41) is 0.673. The fourth-order valence-electron chi connectivity index (χ4n) is 1.41. The van der Waals surface area contributed by atoms with Gasteiger partial charge in [-0.2, -0.15) is 4.98 Å². The Balaban J connectivity index is 2.30. The Morgan fingerprint density at radius 2 is 1.74 bits per heavy atom. The van der Waals surface area contributed by atoms with Crippen LogP contribution in [-0.2, 0) is 5.41 Å². The molecule has 0 bridgehead atoms. The number of hydrogen-bond acceptors (Lipinski definition) is 3. The highest BCUT2D eigenvalue weighted by Crippen LogP contribution is 2.27. The van der Waals surface area contributed by atoms with E-state index in [0.717, 1.165) is 5.82 Å². The SMILES string of the molecule is CC(C)(C)c1nc(Br)cc(Oc2ccc(Cl)cc2)n1. The second-order valence-electron chi connectivity index (χ2n) is 5.16. The van der Waals surface area contributed by atoms with Crippen LogP contribution in [0.15, 0.2) is 34.9 Å². The van der Waals surface area contributed by atoms with Gasteiger partial charge in [-0.1, -0.05) is 32.4 Å². The average molecular weight is 342 g/mol. The lowest BCUT2D eigenvalue weighted by molar-refractivity contribution is 0.444. The van der Waals surface area contributed by atoms with Gasteiger partial charge in [0.1, 0.15) is 16.2 Å². The molecule has 0 unspecified atom stereocenters. The zero-order chi connectivity index (χ0) is 14.0. The summed E-state index contributed by atoms with van der Waals surface area (Å²) in [5.74, 6) is 1.93. The molecule has 1 heterocycles. The highest BCUT2D eigenvalue weighted by atomic mass is 79.9. The maximum absolute atomic E-state index is 5.84. The molecule has 0 fully saturated rings. The van der Waals surface area contributed by atoms with Crippen LogP contribution in [0.2, 0.25) is 5.02 Å². The number of rotatable bonds is 2. The molecule has 5 heteroatoms. The van der Waals surface area contributed by atoms with Crippen LogP contribution < -0.4 is 4.74 Å². The van der Waals surface area contributed by atoms with E-state index in [1.54, 1.807) is 30.3 Å². The van der Waals surface area contributed by atoms with Crippen molar-refractivity contribution in [3.05, 3.63) is 45.8 Å². The maximum Gasteiger partial charge on any atom is 0.223 e. The van der Waals surface area contributed by atoms with E-state index in [1.165, 1.54) is 0 Å². The Morgan fingerprint density at radius 1 is 1.11 bits per heavy atom. The number of halogens is 2. The average Bonchev–Trinajstić information content (AvgIpc) is 2.30. The Morgan fingerprint density at radius 3 is 2.32 bits per heavy atom. The Labute approximate surface area is 126 Å². The molecule has 1 aromatic heterocycles. The molecule has 0 aliphatic rings. The van der Waals surface area contributed by atoms with Crippen LogP contribution in [0.1, 0.15) is 26.6 Å². The van der Waals surface area contributed by atoms with Gasteiger partial charge < -0.3 is 4.74 Å². The van der Waals surface area contributed by atoms with Gasteiger partial charge in [0, 0.05) is 16.5 Å². The van der Waals surface area contributed by atoms with Gasteiger partial charge in [-0.3, -0.25) is 0 Å². The first-order valence-electron chi connectivity index (χ1n) is 5.83. The van der Waals surface area contributed by atoms with Crippen molar-refractivity contribution in [3.63, 3.8) is 0 Å². The molecule has 0 aliphatic heterocycles. The summed E-state index contributed by atoms with van der Waals surface area (Å²) in [6.07, 6.45) is 0. The van der Waals surface area contributed by atoms with Crippen LogP contribution >= 0.6 is 27.5 Å². The molecular formula is C14H14BrClN2O. The van der Waals surface area contributed by atoms with E-state index in [2.05, 4.69) is 46.7 Å². The number of nitrogens with zero attached hydrogens (tertiary/aromatic N) is 2. The first kappa shape index (κ1) is 14.3. The molecule has 0 aliphatic carbocycles. The largest absolute Gasteiger partial charge is 0.439 e. The monoisotopic (exact) mass is 340 g/mol. The molecule has 0 saturated carbocycles. The van der Waals surface area contributed by atoms with Gasteiger partial charge in [-0.05, 0) is 40.2 Å². The second kappa shape index (κ2) is 5.47. The summed E-state index contributed by atoms with van der Waals surface area (Å²) >= 11 is 9.21. The Hall–Kier alpha value is -1.13. The molecule has 0 atom stereocenters. The van der Waals surface area contributed by atoms with Crippen LogP contribution in [0.5, 0.6) is 11.6 Å². The fraction of sp³-hybridized carbons (Fsp3) is 0.286. The summed E-state index contributed by atoms with van der Waals surface area (Å²) in [6.45, 7) is 6.17. The third kappa shape index (κ3) is 3.91. The summed E-state index contributed by atoms with van der Waals surface area (Å²) in [7, 11) is 0. The molecule has 0 saturated heterocycles. The molecule has 0 spiro atoms. The lowest BCUT2D eigenvalue weighted by atomic mass is 9.96. The lowest BCUT2D eigenvalue weighted by Crippen LogP contribution is -2.16. The van der Waals surface area contributed by atoms with Crippen molar-refractivity contribution in [1.29, 1.82) is 0 Å². The van der Waals surface area contributed by atoms with Crippen LogP contribution in [0.4, 0.5) is 0 Å². The standard InChI is InChI=1S/C14H14BrClN2O/c1-14(2,3)13-17-11(15)8-12(18-13)19-10-6-4-9(16)5-7-10/h4-8H,1-3H3. The molecule has 2 aromatic rings. The van der Waals surface area contributed by atoms with Gasteiger partial charge in [0.05, 0.1) is 0 Å². The number of benzene rings is 1. The molecule has 19 heavy (non-hydrogen) atoms. The second-order valence-corrected chi connectivity index (χ2v) is 6.41. The molecule has 1 aromatic carbocycles. The topological polar surface area (TPSA) is 35.0 Å². The number of aromatic nitrogens is 2. The van der Waals surface area contributed by atoms with E-state index in [-0.39, 0.29) is 5.41 Å². The molecule has 2 rings (SSSR count). The summed E-state index contributed by atoms with van der Waals surface area (Å²) in [5.41, 5.74) is -0.137. The predicted octanol–water partition coefficient (Wildman–Crippen LogP) is 4.98. The van der Waals surface area contributed by atoms with E-state index in [4.69, 9.17) is 16.3 Å². The third-order valence-corrected chi connectivity index (χ3v) is 3.04. The van der Waals surface area contributed by atoms with Gasteiger partial charge in [0.25, 0.3) is 0 Å². The van der Waals surface area contributed by atoms with Crippen LogP contribution in [0, 0.1) is 0 Å². The van der Waals surface area contributed by atoms with Crippen molar-refractivity contribution in [1.82, 2.24) is 9.97 Å². The van der Waals surface area contributed by atoms with Crippen molar-refractivity contribution in [2.75, 3.05) is 0 Å². The van der Waals surface area contributed by atoms with Crippen molar-refractivity contribution in [3.8, 4) is 11.6 Å². The highest BCUT2D eigenvalue weighted by Gasteiger charge is 2.19. The first-order valence-corrected chi connectivity index (χ1v) is 7.00. The quantitative estimate of drug-likeness (QED) is 0.722. The minimum Gasteiger partial charge on any atom is -0.439 e. The van der Waals surface area contributed by atoms with Crippen molar-refractivity contribution in [2.24, 2.45) is 0 Å². The van der Waals surface area contributed by atoms with E-state index < -0.39 is 0 Å². The molecule has 0 amide bonds. The molecule has 3 nitrogen and oxygen atoms in total. The van der Waals surface area contributed by atoms with E-state index in [1.807, 2.05) is 0 Å². The summed E-state index contributed by atoms with van der Waals surface area (Å²) < 4.78 is 6.42. The van der Waals surface area contributed by atoms with Crippen LogP contribution in [0.25, 0.3) is 0 Å². The summed E-state index contributed by atoms with van der Waals surface area (Å²) in [6, 6.07) is 8.89. The number of hydrogen-bond donors (Lipinski definition) is 0. The van der Waals surface area contributed by atoms with Crippen LogP contribution in [0.3, 0.4) is 0 Å². The third-order valence-electron chi connectivity index (χ3n) is 2.38. The maximum atomic E-state index is 5.84. The van der Waals surface area contributed by atoms with E-state index in [9.17, 15) is 0 Å². The van der Waals surface area contributed by atoms with E-state index >= 15 is 0 Å². The van der Waals surface area contributed by atoms with Gasteiger partial charge in [-0.25, -0.2) is 4.98 Å². The van der Waals surface area contributed by atoms with E-state index in [0.29, 0.717) is 21.3 Å². The van der Waals surface area contributed by atoms with Crippen LogP contribution in [-0.4, -0.2) is 9.97 Å². The molecular weight excluding hydrogens is 328 g/mol. The van der Waals surface area contributed by atoms with Crippen molar-refractivity contribution in [2.45, 2.75) is 26.2 Å². The predicted molar refractivity (Wildman–Crippen MR) is 80.0 cm³/mol. The van der Waals surface area contributed by atoms with Gasteiger partial charge >= 0.3 is 0 Å². The zero-order valence-electron chi connectivity index (χ0n) is 10.9. The van der Waals surface area contributed by atoms with Gasteiger partial charge in [0.15, 0.2) is 0 Å². The van der Waals surface area contributed by atoms with Crippen molar-refractivity contribution < 1.29 is 4.74 Å². The van der Waals surface area contributed by atoms with Gasteiger partial charge in [-0.15, -0.1) is 0 Å². The Bertz CT molecular complexity index is 579. The number of ether oxygens (including phenoxy) is 1. The fourth-order valence-corrected chi connectivity index (χ4v) is 1.90. The van der Waals surface area contributed by atoms with Crippen molar-refractivity contribution >= 4 is 27.5 Å². The lowest BCUT2D eigenvalue weighted by Gasteiger charge is -2.17. The molecule has 0 radical (unpaired) electrons. The van der Waals surface area contributed by atoms with Gasteiger partial charge in [0.2, 0.25) is 5.88 Å². The normalized spacial score (nSPS) is 11.4. The first-order chi connectivity index (χ1) is 8.84.